The molecule has 0 aliphatic rings. The fraction of sp³-hybridized carbons (Fsp3) is 0.727. The summed E-state index contributed by atoms with van der Waals surface area (Å²) in [5, 5.41) is 8.77. The van der Waals surface area contributed by atoms with E-state index >= 15 is 0 Å². The van der Waals surface area contributed by atoms with E-state index in [2.05, 4.69) is 17.1 Å². The first-order chi connectivity index (χ1) is 8.58. The van der Waals surface area contributed by atoms with Gasteiger partial charge in [0.25, 0.3) is 0 Å². The molecule has 0 aliphatic heterocycles. The number of nitrogens with zero attached hydrogens (tertiary/aromatic N) is 3. The summed E-state index contributed by atoms with van der Waals surface area (Å²) in [5.41, 5.74) is 5.59. The van der Waals surface area contributed by atoms with Gasteiger partial charge in [-0.1, -0.05) is 18.7 Å². The minimum absolute atomic E-state index is 0.0915. The molecule has 0 unspecified atom stereocenters. The average molecular weight is 272 g/mol. The molecule has 0 atom stereocenters. The third-order valence-corrected chi connectivity index (χ3v) is 3.05. The van der Waals surface area contributed by atoms with Crippen LogP contribution in [0.15, 0.2) is 5.16 Å². The van der Waals surface area contributed by atoms with Crippen molar-refractivity contribution in [3.8, 4) is 0 Å². The van der Waals surface area contributed by atoms with Crippen LogP contribution in [0.25, 0.3) is 0 Å². The number of nitrogens with two attached hydrogens (primary N) is 1. The number of carbonyl (C=O) groups is 1. The van der Waals surface area contributed by atoms with Crippen LogP contribution in [-0.4, -0.2) is 32.6 Å². The number of esters is 1. The summed E-state index contributed by atoms with van der Waals surface area (Å²) in [6, 6.07) is 0. The molecule has 0 saturated carbocycles. The molecule has 0 radical (unpaired) electrons. The number of thioether (sulfide) groups is 1. The molecule has 2 N–H and O–H groups in total. The first-order valence-corrected chi connectivity index (χ1v) is 7.01. The molecule has 102 valence electrons. The highest BCUT2D eigenvalue weighted by molar-refractivity contribution is 7.99. The normalized spacial score (nSPS) is 10.9. The maximum atomic E-state index is 11.4. The molecule has 0 fully saturated rings. The topological polar surface area (TPSA) is 83.0 Å². The second-order valence-corrected chi connectivity index (χ2v) is 5.02. The van der Waals surface area contributed by atoms with Crippen LogP contribution in [0.4, 0.5) is 0 Å². The molecule has 0 aromatic carbocycles. The van der Waals surface area contributed by atoms with Gasteiger partial charge in [0.05, 0.1) is 18.4 Å². The predicted molar refractivity (Wildman–Crippen MR) is 70.2 cm³/mol. The summed E-state index contributed by atoms with van der Waals surface area (Å²) in [6.45, 7) is 6.89. The quantitative estimate of drug-likeness (QED) is 0.593. The maximum absolute atomic E-state index is 11.4. The van der Waals surface area contributed by atoms with E-state index in [9.17, 15) is 4.79 Å². The van der Waals surface area contributed by atoms with Crippen molar-refractivity contribution in [3.05, 3.63) is 5.82 Å². The lowest BCUT2D eigenvalue weighted by Gasteiger charge is -2.09. The SMILES string of the molecule is CCCn1c(CN)nnc1SCC(=O)OC(C)C. The number of ether oxygens (including phenoxy) is 1. The fourth-order valence-corrected chi connectivity index (χ4v) is 2.21. The number of hydrogen-bond acceptors (Lipinski definition) is 6. The Morgan fingerprint density at radius 1 is 1.50 bits per heavy atom. The molecule has 18 heavy (non-hydrogen) atoms. The van der Waals surface area contributed by atoms with Gasteiger partial charge >= 0.3 is 5.97 Å². The van der Waals surface area contributed by atoms with Gasteiger partial charge in [-0.05, 0) is 20.3 Å². The number of aromatic nitrogens is 3. The number of rotatable bonds is 7. The second kappa shape index (κ2) is 7.38. The smallest absolute Gasteiger partial charge is 0.316 e. The van der Waals surface area contributed by atoms with Crippen molar-refractivity contribution in [1.82, 2.24) is 14.8 Å². The van der Waals surface area contributed by atoms with Crippen LogP contribution < -0.4 is 5.73 Å². The Hall–Kier alpha value is -1.08. The zero-order chi connectivity index (χ0) is 13.5. The molecule has 0 amide bonds. The average Bonchev–Trinajstić information content (AvgIpc) is 2.68. The molecule has 0 spiro atoms. The van der Waals surface area contributed by atoms with Crippen LogP contribution in [0.2, 0.25) is 0 Å². The Morgan fingerprint density at radius 2 is 2.22 bits per heavy atom. The van der Waals surface area contributed by atoms with Crippen LogP contribution in [0.3, 0.4) is 0 Å². The Labute approximate surface area is 111 Å². The molecular formula is C11H20N4O2S. The highest BCUT2D eigenvalue weighted by Gasteiger charge is 2.13. The van der Waals surface area contributed by atoms with Crippen LogP contribution >= 0.6 is 11.8 Å². The standard InChI is InChI=1S/C11H20N4O2S/c1-4-5-15-9(6-12)13-14-11(15)18-7-10(16)17-8(2)3/h8H,4-7,12H2,1-3H3. The molecule has 1 aromatic rings. The summed E-state index contributed by atoms with van der Waals surface area (Å²) < 4.78 is 7.01. The Kier molecular flexibility index (Phi) is 6.14. The second-order valence-electron chi connectivity index (χ2n) is 4.08. The molecular weight excluding hydrogens is 252 g/mol. The van der Waals surface area contributed by atoms with Crippen LogP contribution in [-0.2, 0) is 22.6 Å². The Bertz CT molecular complexity index is 392. The Balaban J connectivity index is 2.61. The third kappa shape index (κ3) is 4.30. The number of hydrogen-bond donors (Lipinski definition) is 1. The van der Waals surface area contributed by atoms with Gasteiger partial charge in [0.1, 0.15) is 5.82 Å². The summed E-state index contributed by atoms with van der Waals surface area (Å²) >= 11 is 1.33. The molecule has 1 rings (SSSR count). The van der Waals surface area contributed by atoms with E-state index in [1.54, 1.807) is 0 Å². The zero-order valence-corrected chi connectivity index (χ0v) is 11.9. The van der Waals surface area contributed by atoms with Crippen molar-refractivity contribution in [2.24, 2.45) is 5.73 Å². The minimum Gasteiger partial charge on any atom is -0.462 e. The van der Waals surface area contributed by atoms with Crippen molar-refractivity contribution in [2.75, 3.05) is 5.75 Å². The zero-order valence-electron chi connectivity index (χ0n) is 11.0. The lowest BCUT2D eigenvalue weighted by atomic mass is 10.4. The predicted octanol–water partition coefficient (Wildman–Crippen LogP) is 1.19. The molecule has 0 bridgehead atoms. The van der Waals surface area contributed by atoms with Crippen LogP contribution in [0, 0.1) is 0 Å². The van der Waals surface area contributed by atoms with Gasteiger partial charge in [0.2, 0.25) is 0 Å². The van der Waals surface area contributed by atoms with Crippen molar-refractivity contribution in [2.45, 2.75) is 51.5 Å². The summed E-state index contributed by atoms with van der Waals surface area (Å²) in [5.74, 6) is 0.747. The summed E-state index contributed by atoms with van der Waals surface area (Å²) in [7, 11) is 0. The maximum Gasteiger partial charge on any atom is 0.316 e. The van der Waals surface area contributed by atoms with Crippen molar-refractivity contribution >= 4 is 17.7 Å². The first-order valence-electron chi connectivity index (χ1n) is 6.02. The lowest BCUT2D eigenvalue weighted by Crippen LogP contribution is -2.14. The monoisotopic (exact) mass is 272 g/mol. The molecule has 0 saturated heterocycles. The van der Waals surface area contributed by atoms with Crippen molar-refractivity contribution in [3.63, 3.8) is 0 Å². The van der Waals surface area contributed by atoms with Crippen molar-refractivity contribution in [1.29, 1.82) is 0 Å². The van der Waals surface area contributed by atoms with E-state index in [-0.39, 0.29) is 17.8 Å². The van der Waals surface area contributed by atoms with E-state index < -0.39 is 0 Å². The van der Waals surface area contributed by atoms with Gasteiger partial charge < -0.3 is 15.0 Å². The van der Waals surface area contributed by atoms with Gasteiger partial charge in [-0.2, -0.15) is 0 Å². The molecule has 0 aliphatic carbocycles. The summed E-state index contributed by atoms with van der Waals surface area (Å²) in [4.78, 5) is 11.4. The van der Waals surface area contributed by atoms with Gasteiger partial charge in [-0.15, -0.1) is 10.2 Å². The molecule has 1 aromatic heterocycles. The Morgan fingerprint density at radius 3 is 2.78 bits per heavy atom. The molecule has 7 heteroatoms. The lowest BCUT2D eigenvalue weighted by molar-refractivity contribution is -0.144. The van der Waals surface area contributed by atoms with E-state index in [1.165, 1.54) is 11.8 Å². The van der Waals surface area contributed by atoms with E-state index in [0.717, 1.165) is 23.9 Å². The van der Waals surface area contributed by atoms with Gasteiger partial charge in [0.15, 0.2) is 5.16 Å². The molecule has 1 heterocycles. The molecule has 6 nitrogen and oxygen atoms in total. The van der Waals surface area contributed by atoms with E-state index in [1.807, 2.05) is 18.4 Å². The number of carbonyl (C=O) groups excluding carboxylic acids is 1. The van der Waals surface area contributed by atoms with E-state index in [4.69, 9.17) is 10.5 Å². The van der Waals surface area contributed by atoms with E-state index in [0.29, 0.717) is 6.54 Å². The van der Waals surface area contributed by atoms with Gasteiger partial charge in [-0.25, -0.2) is 0 Å². The van der Waals surface area contributed by atoms with Gasteiger partial charge in [-0.3, -0.25) is 4.79 Å². The first kappa shape index (κ1) is 15.0. The third-order valence-electron chi connectivity index (χ3n) is 2.11. The highest BCUT2D eigenvalue weighted by Crippen LogP contribution is 2.17. The van der Waals surface area contributed by atoms with Crippen LogP contribution in [0.5, 0.6) is 0 Å². The fourth-order valence-electron chi connectivity index (χ4n) is 1.45. The minimum atomic E-state index is -0.240. The highest BCUT2D eigenvalue weighted by atomic mass is 32.2. The van der Waals surface area contributed by atoms with Crippen LogP contribution in [0.1, 0.15) is 33.0 Å². The summed E-state index contributed by atoms with van der Waals surface area (Å²) in [6.07, 6.45) is 0.876. The van der Waals surface area contributed by atoms with Crippen molar-refractivity contribution < 1.29 is 9.53 Å². The van der Waals surface area contributed by atoms with Gasteiger partial charge in [0, 0.05) is 6.54 Å². The largest absolute Gasteiger partial charge is 0.462 e.